The van der Waals surface area contributed by atoms with Crippen LogP contribution in [0.4, 0.5) is 0 Å². The van der Waals surface area contributed by atoms with Crippen LogP contribution in [0.2, 0.25) is 0 Å². The minimum atomic E-state index is 0. The van der Waals surface area contributed by atoms with E-state index in [2.05, 4.69) is 36.4 Å². The summed E-state index contributed by atoms with van der Waals surface area (Å²) in [5.74, 6) is 0.947. The zero-order chi connectivity index (χ0) is 12.0. The van der Waals surface area contributed by atoms with E-state index in [0.29, 0.717) is 11.5 Å². The number of aliphatic imine (C=N–C) groups is 1. The van der Waals surface area contributed by atoms with Gasteiger partial charge in [0.05, 0.1) is 0 Å². The van der Waals surface area contributed by atoms with Gasteiger partial charge in [0.15, 0.2) is 5.96 Å². The van der Waals surface area contributed by atoms with Crippen molar-refractivity contribution in [1.29, 1.82) is 0 Å². The first kappa shape index (κ1) is 17.0. The maximum atomic E-state index is 4.26. The van der Waals surface area contributed by atoms with Crippen molar-refractivity contribution in [2.75, 3.05) is 13.6 Å². The third kappa shape index (κ3) is 5.93. The van der Waals surface area contributed by atoms with Crippen LogP contribution in [-0.2, 0) is 0 Å². The van der Waals surface area contributed by atoms with Crippen LogP contribution in [0, 0.1) is 5.41 Å². The van der Waals surface area contributed by atoms with Gasteiger partial charge in [-0.3, -0.25) is 4.99 Å². The fourth-order valence-corrected chi connectivity index (χ4v) is 2.23. The molecule has 0 heterocycles. The van der Waals surface area contributed by atoms with Gasteiger partial charge in [-0.1, -0.05) is 26.7 Å². The van der Waals surface area contributed by atoms with Crippen molar-refractivity contribution in [1.82, 2.24) is 10.6 Å². The molecule has 102 valence electrons. The third-order valence-electron chi connectivity index (χ3n) is 3.71. The van der Waals surface area contributed by atoms with Gasteiger partial charge in [-0.05, 0) is 31.6 Å². The minimum Gasteiger partial charge on any atom is -0.356 e. The smallest absolute Gasteiger partial charge is 0.191 e. The van der Waals surface area contributed by atoms with Gasteiger partial charge >= 0.3 is 0 Å². The Morgan fingerprint density at radius 1 is 1.35 bits per heavy atom. The van der Waals surface area contributed by atoms with E-state index in [4.69, 9.17) is 0 Å². The number of hydrogen-bond donors (Lipinski definition) is 2. The highest BCUT2D eigenvalue weighted by molar-refractivity contribution is 14.0. The first-order valence-electron chi connectivity index (χ1n) is 6.57. The summed E-state index contributed by atoms with van der Waals surface area (Å²) >= 11 is 0. The summed E-state index contributed by atoms with van der Waals surface area (Å²) in [5.41, 5.74) is 0.479. The predicted octanol–water partition coefficient (Wildman–Crippen LogP) is 3.15. The van der Waals surface area contributed by atoms with Crippen molar-refractivity contribution in [3.05, 3.63) is 0 Å². The highest BCUT2D eigenvalue weighted by Crippen LogP contribution is 2.36. The number of hydrogen-bond acceptors (Lipinski definition) is 1. The molecule has 1 atom stereocenters. The van der Waals surface area contributed by atoms with Crippen molar-refractivity contribution in [2.24, 2.45) is 10.4 Å². The van der Waals surface area contributed by atoms with Gasteiger partial charge < -0.3 is 10.6 Å². The molecule has 2 N–H and O–H groups in total. The summed E-state index contributed by atoms with van der Waals surface area (Å²) in [6.07, 6.45) is 6.59. The van der Waals surface area contributed by atoms with E-state index < -0.39 is 0 Å². The molecule has 1 unspecified atom stereocenters. The lowest BCUT2D eigenvalue weighted by atomic mass is 9.89. The van der Waals surface area contributed by atoms with Crippen molar-refractivity contribution in [3.63, 3.8) is 0 Å². The number of halogens is 1. The molecule has 4 heteroatoms. The molecule has 0 aromatic heterocycles. The van der Waals surface area contributed by atoms with Crippen molar-refractivity contribution in [3.8, 4) is 0 Å². The van der Waals surface area contributed by atoms with Gasteiger partial charge in [-0.2, -0.15) is 0 Å². The summed E-state index contributed by atoms with van der Waals surface area (Å²) in [5, 5.41) is 6.85. The van der Waals surface area contributed by atoms with Gasteiger partial charge in [0, 0.05) is 19.6 Å². The zero-order valence-electron chi connectivity index (χ0n) is 11.7. The van der Waals surface area contributed by atoms with E-state index in [-0.39, 0.29) is 24.0 Å². The van der Waals surface area contributed by atoms with Gasteiger partial charge in [0.25, 0.3) is 0 Å². The second-order valence-electron chi connectivity index (χ2n) is 5.40. The van der Waals surface area contributed by atoms with E-state index in [1.807, 2.05) is 7.05 Å². The van der Waals surface area contributed by atoms with Crippen LogP contribution in [0.15, 0.2) is 4.99 Å². The summed E-state index contributed by atoms with van der Waals surface area (Å²) in [4.78, 5) is 4.26. The Kier molecular flexibility index (Phi) is 8.16. The zero-order valence-corrected chi connectivity index (χ0v) is 14.0. The van der Waals surface area contributed by atoms with E-state index in [9.17, 15) is 0 Å². The Hall–Kier alpha value is 0. The van der Waals surface area contributed by atoms with Gasteiger partial charge in [-0.15, -0.1) is 24.0 Å². The van der Waals surface area contributed by atoms with Crippen LogP contribution in [0.1, 0.15) is 52.9 Å². The maximum Gasteiger partial charge on any atom is 0.191 e. The molecule has 0 amide bonds. The SMILES string of the molecule is CCC(C)NC(=NC)NCC1(C)CCCC1.I. The average molecular weight is 353 g/mol. The molecule has 1 fully saturated rings. The maximum absolute atomic E-state index is 4.26. The lowest BCUT2D eigenvalue weighted by Gasteiger charge is -2.26. The Balaban J connectivity index is 0.00000256. The molecule has 17 heavy (non-hydrogen) atoms. The molecule has 1 aliphatic carbocycles. The predicted molar refractivity (Wildman–Crippen MR) is 86.2 cm³/mol. The Morgan fingerprint density at radius 2 is 1.94 bits per heavy atom. The quantitative estimate of drug-likeness (QED) is 0.463. The van der Waals surface area contributed by atoms with Gasteiger partial charge in [0.2, 0.25) is 0 Å². The molecule has 3 nitrogen and oxygen atoms in total. The molecule has 1 saturated carbocycles. The minimum absolute atomic E-state index is 0. The molecule has 1 aliphatic rings. The Morgan fingerprint density at radius 3 is 2.41 bits per heavy atom. The standard InChI is InChI=1S/C13H27N3.HI/c1-5-11(2)16-12(14-4)15-10-13(3)8-6-7-9-13;/h11H,5-10H2,1-4H3,(H2,14,15,16);1H. The second-order valence-corrected chi connectivity index (χ2v) is 5.40. The largest absolute Gasteiger partial charge is 0.356 e. The summed E-state index contributed by atoms with van der Waals surface area (Å²) in [6, 6.07) is 0.489. The van der Waals surface area contributed by atoms with Crippen molar-refractivity contribution >= 4 is 29.9 Å². The molecule has 0 aromatic rings. The van der Waals surface area contributed by atoms with Crippen molar-refractivity contribution < 1.29 is 0 Å². The summed E-state index contributed by atoms with van der Waals surface area (Å²) in [7, 11) is 1.84. The molecule has 0 saturated heterocycles. The number of guanidine groups is 1. The monoisotopic (exact) mass is 353 g/mol. The van der Waals surface area contributed by atoms with Crippen LogP contribution in [0.5, 0.6) is 0 Å². The fraction of sp³-hybridized carbons (Fsp3) is 0.923. The van der Waals surface area contributed by atoms with E-state index in [1.54, 1.807) is 0 Å². The number of nitrogens with one attached hydrogen (secondary N) is 2. The number of rotatable bonds is 4. The Labute approximate surface area is 123 Å². The van der Waals surface area contributed by atoms with Crippen LogP contribution in [0.3, 0.4) is 0 Å². The molecule has 0 spiro atoms. The molecule has 0 aliphatic heterocycles. The number of nitrogens with zero attached hydrogens (tertiary/aromatic N) is 1. The second kappa shape index (κ2) is 8.16. The highest BCUT2D eigenvalue weighted by atomic mass is 127. The van der Waals surface area contributed by atoms with E-state index >= 15 is 0 Å². The van der Waals surface area contributed by atoms with Crippen LogP contribution in [0.25, 0.3) is 0 Å². The third-order valence-corrected chi connectivity index (χ3v) is 3.71. The molecule has 0 bridgehead atoms. The van der Waals surface area contributed by atoms with Gasteiger partial charge in [0.1, 0.15) is 0 Å². The normalized spacial score (nSPS) is 20.6. The highest BCUT2D eigenvalue weighted by Gasteiger charge is 2.28. The summed E-state index contributed by atoms with van der Waals surface area (Å²) in [6.45, 7) is 7.79. The van der Waals surface area contributed by atoms with Gasteiger partial charge in [-0.25, -0.2) is 0 Å². The van der Waals surface area contributed by atoms with Crippen LogP contribution < -0.4 is 10.6 Å². The topological polar surface area (TPSA) is 36.4 Å². The van der Waals surface area contributed by atoms with E-state index in [1.165, 1.54) is 25.7 Å². The Bertz CT molecular complexity index is 235. The molecule has 0 aromatic carbocycles. The molecule has 0 radical (unpaired) electrons. The first-order valence-corrected chi connectivity index (χ1v) is 6.57. The summed E-state index contributed by atoms with van der Waals surface area (Å²) < 4.78 is 0. The van der Waals surface area contributed by atoms with Crippen LogP contribution >= 0.6 is 24.0 Å². The molecule has 1 rings (SSSR count). The lowest BCUT2D eigenvalue weighted by molar-refractivity contribution is 0.333. The average Bonchev–Trinajstić information content (AvgIpc) is 2.71. The lowest BCUT2D eigenvalue weighted by Crippen LogP contribution is -2.45. The molecular weight excluding hydrogens is 325 g/mol. The first-order chi connectivity index (χ1) is 7.59. The van der Waals surface area contributed by atoms with E-state index in [0.717, 1.165) is 18.9 Å². The fourth-order valence-electron chi connectivity index (χ4n) is 2.23. The van der Waals surface area contributed by atoms with Crippen LogP contribution in [-0.4, -0.2) is 25.6 Å². The molecular formula is C13H28IN3. The van der Waals surface area contributed by atoms with Crippen molar-refractivity contribution in [2.45, 2.75) is 58.9 Å².